The third-order valence-corrected chi connectivity index (χ3v) is 7.77. The zero-order valence-electron chi connectivity index (χ0n) is 15.6. The van der Waals surface area contributed by atoms with Crippen molar-refractivity contribution in [1.29, 1.82) is 0 Å². The fourth-order valence-electron chi connectivity index (χ4n) is 2.93. The molecule has 0 radical (unpaired) electrons. The topological polar surface area (TPSA) is 246 Å². The van der Waals surface area contributed by atoms with Crippen LogP contribution in [0.5, 0.6) is 0 Å². The minimum absolute atomic E-state index is 0.00557. The normalized spacial score (nSPS) is 25.3. The fraction of sp³-hybridized carbons (Fsp3) is 0.538. The summed E-state index contributed by atoms with van der Waals surface area (Å²) in [4.78, 5) is 69.2. The summed E-state index contributed by atoms with van der Waals surface area (Å²) in [6.45, 7) is 0.675. The Morgan fingerprint density at radius 2 is 1.81 bits per heavy atom. The van der Waals surface area contributed by atoms with Crippen LogP contribution in [0, 0.1) is 17.8 Å². The molecule has 5 atom stereocenters. The van der Waals surface area contributed by atoms with E-state index >= 15 is 0 Å². The number of nitrogens with one attached hydrogen (secondary N) is 1. The molecule has 1 aromatic rings. The van der Waals surface area contributed by atoms with Crippen molar-refractivity contribution in [2.24, 2.45) is 5.92 Å². The number of aliphatic hydroxyl groups is 1. The summed E-state index contributed by atoms with van der Waals surface area (Å²) in [5.41, 5.74) is -1.50. The molecule has 2 rings (SSSR count). The number of hydrogen-bond acceptors (Lipinski definition) is 13. The molecule has 174 valence electrons. The molecule has 31 heavy (non-hydrogen) atoms. The number of phosphoric acid groups is 3. The van der Waals surface area contributed by atoms with Gasteiger partial charge in [0.2, 0.25) is 0 Å². The minimum Gasteiger partial charge on any atom is -0.790 e. The van der Waals surface area contributed by atoms with E-state index in [2.05, 4.69) is 30.0 Å². The van der Waals surface area contributed by atoms with E-state index in [-0.39, 0.29) is 18.4 Å². The van der Waals surface area contributed by atoms with Crippen LogP contribution in [0.1, 0.15) is 31.4 Å². The molecule has 1 fully saturated rings. The van der Waals surface area contributed by atoms with Gasteiger partial charge in [0.15, 0.2) is 0 Å². The van der Waals surface area contributed by atoms with Crippen LogP contribution < -0.4 is 30.8 Å². The van der Waals surface area contributed by atoms with E-state index in [1.807, 2.05) is 0 Å². The van der Waals surface area contributed by atoms with Crippen LogP contribution in [0.25, 0.3) is 0 Å². The molecular weight excluding hydrogens is 485 g/mol. The van der Waals surface area contributed by atoms with Gasteiger partial charge in [-0.15, -0.1) is 5.92 Å². The number of rotatable bonds is 8. The summed E-state index contributed by atoms with van der Waals surface area (Å²) in [6, 6.07) is -0.682. The van der Waals surface area contributed by atoms with Crippen LogP contribution in [-0.2, 0) is 26.8 Å². The van der Waals surface area contributed by atoms with Crippen LogP contribution in [0.15, 0.2) is 15.8 Å². The summed E-state index contributed by atoms with van der Waals surface area (Å²) in [5, 5.41) is 10.1. The largest absolute Gasteiger partial charge is 0.790 e. The molecule has 0 aliphatic heterocycles. The van der Waals surface area contributed by atoms with Crippen LogP contribution in [-0.4, -0.2) is 27.4 Å². The zero-order valence-corrected chi connectivity index (χ0v) is 18.2. The highest BCUT2D eigenvalue weighted by molar-refractivity contribution is 7.64. The van der Waals surface area contributed by atoms with Crippen LogP contribution in [0.2, 0.25) is 0 Å². The summed E-state index contributed by atoms with van der Waals surface area (Å²) in [6.07, 6.45) is -0.0617. The Hall–Kier alpha value is -1.39. The first-order chi connectivity index (χ1) is 14.1. The van der Waals surface area contributed by atoms with Crippen molar-refractivity contribution >= 4 is 23.5 Å². The molecule has 1 aromatic heterocycles. The maximum Gasteiger partial charge on any atom is 0.328 e. The molecule has 1 aliphatic rings. The molecular formula is C13H15N2O13P3-4. The molecule has 0 bridgehead atoms. The van der Waals surface area contributed by atoms with Gasteiger partial charge in [0.05, 0.1) is 20.5 Å². The number of phosphoric ester groups is 1. The Kier molecular flexibility index (Phi) is 8.03. The average molecular weight is 500 g/mol. The van der Waals surface area contributed by atoms with Crippen LogP contribution in [0.3, 0.4) is 0 Å². The lowest BCUT2D eigenvalue weighted by molar-refractivity contribution is -0.339. The summed E-state index contributed by atoms with van der Waals surface area (Å²) in [7, 11) is -17.9. The van der Waals surface area contributed by atoms with Crippen molar-refractivity contribution in [2.45, 2.75) is 31.9 Å². The first-order valence-corrected chi connectivity index (χ1v) is 12.7. The van der Waals surface area contributed by atoms with Gasteiger partial charge < -0.3 is 33.8 Å². The van der Waals surface area contributed by atoms with E-state index in [1.165, 1.54) is 13.1 Å². The van der Waals surface area contributed by atoms with Gasteiger partial charge in [0, 0.05) is 18.2 Å². The fourth-order valence-corrected chi connectivity index (χ4v) is 5.84. The van der Waals surface area contributed by atoms with Gasteiger partial charge in [-0.05, 0) is 19.8 Å². The zero-order chi connectivity index (χ0) is 23.6. The van der Waals surface area contributed by atoms with E-state index in [9.17, 15) is 48.0 Å². The second-order valence-electron chi connectivity index (χ2n) is 6.34. The Bertz CT molecular complexity index is 1140. The van der Waals surface area contributed by atoms with Gasteiger partial charge >= 0.3 is 5.69 Å². The summed E-state index contributed by atoms with van der Waals surface area (Å²) < 4.78 is 45.0. The van der Waals surface area contributed by atoms with Crippen LogP contribution >= 0.6 is 23.5 Å². The predicted octanol–water partition coefficient (Wildman–Crippen LogP) is -2.96. The molecule has 0 amide bonds. The Labute approximate surface area is 174 Å². The summed E-state index contributed by atoms with van der Waals surface area (Å²) in [5.74, 6) is 4.08. The van der Waals surface area contributed by atoms with Gasteiger partial charge in [0.1, 0.15) is 5.56 Å². The average Bonchev–Trinajstić information content (AvgIpc) is 2.93. The number of H-pyrrole nitrogens is 1. The molecule has 0 aromatic carbocycles. The quantitative estimate of drug-likeness (QED) is 0.268. The lowest BCUT2D eigenvalue weighted by atomic mass is 10.1. The molecule has 1 saturated carbocycles. The number of hydrogen-bond donors (Lipinski definition) is 2. The first-order valence-electron chi connectivity index (χ1n) is 8.30. The molecule has 18 heteroatoms. The predicted molar refractivity (Wildman–Crippen MR) is 92.6 cm³/mol. The molecule has 2 unspecified atom stereocenters. The van der Waals surface area contributed by atoms with Gasteiger partial charge in [0.25, 0.3) is 21.2 Å². The van der Waals surface area contributed by atoms with E-state index in [1.54, 1.807) is 0 Å². The third-order valence-electron chi connectivity index (χ3n) is 4.10. The molecule has 0 spiro atoms. The maximum atomic E-state index is 12.1. The third kappa shape index (κ3) is 7.61. The lowest BCUT2D eigenvalue weighted by Crippen LogP contribution is -2.33. The smallest absolute Gasteiger partial charge is 0.328 e. The van der Waals surface area contributed by atoms with Crippen LogP contribution in [0.4, 0.5) is 0 Å². The highest BCUT2D eigenvalue weighted by Crippen LogP contribution is 2.60. The van der Waals surface area contributed by atoms with E-state index in [0.29, 0.717) is 0 Å². The minimum atomic E-state index is -6.11. The molecule has 1 heterocycles. The lowest BCUT2D eigenvalue weighted by Gasteiger charge is -2.37. The van der Waals surface area contributed by atoms with Crippen molar-refractivity contribution < 1.29 is 51.5 Å². The van der Waals surface area contributed by atoms with Gasteiger partial charge in [-0.2, -0.15) is 0 Å². The van der Waals surface area contributed by atoms with Crippen molar-refractivity contribution in [3.63, 3.8) is 0 Å². The molecule has 15 nitrogen and oxygen atoms in total. The molecule has 0 saturated heterocycles. The Morgan fingerprint density at radius 1 is 1.16 bits per heavy atom. The van der Waals surface area contributed by atoms with Crippen molar-refractivity contribution in [1.82, 2.24) is 9.55 Å². The Balaban J connectivity index is 2.08. The van der Waals surface area contributed by atoms with Gasteiger partial charge in [-0.1, -0.05) is 5.92 Å². The van der Waals surface area contributed by atoms with Crippen molar-refractivity contribution in [2.75, 3.05) is 6.61 Å². The monoisotopic (exact) mass is 500 g/mol. The molecule has 1 aliphatic carbocycles. The van der Waals surface area contributed by atoms with Crippen molar-refractivity contribution in [3.8, 4) is 11.8 Å². The highest BCUT2D eigenvalue weighted by atomic mass is 31.3. The van der Waals surface area contributed by atoms with E-state index < -0.39 is 59.4 Å². The number of aromatic nitrogens is 2. The standard InChI is InChI=1S/C13H19N2O13P3/c1-2-3-8-6-15(13(18)14-12(8)17)10-4-9(11(16)5-10)7-26-30(22,23)28-31(24,25)27-29(19,20)21/h6,9-11,16H,4-5,7H2,1H3,(H,22,23)(H,24,25)(H,14,17,18)(H2,19,20,21)/p-4/t9-,10-,11-/m1/s1. The van der Waals surface area contributed by atoms with Gasteiger partial charge in [-0.25, -0.2) is 9.11 Å². The summed E-state index contributed by atoms with van der Waals surface area (Å²) >= 11 is 0. The van der Waals surface area contributed by atoms with E-state index in [0.717, 1.165) is 4.57 Å². The SMILES string of the molecule is CC#Cc1cn([C@@H]2C[C@H](COP(=O)([O-])OP(=O)([O-])OP(=O)([O-])[O-])[C@H](O)C2)c(=O)[nH]c1=O. The first kappa shape index (κ1) is 25.9. The molecule has 2 N–H and O–H groups in total. The Morgan fingerprint density at radius 3 is 2.39 bits per heavy atom. The highest BCUT2D eigenvalue weighted by Gasteiger charge is 2.36. The maximum absolute atomic E-state index is 12.1. The van der Waals surface area contributed by atoms with Crippen molar-refractivity contribution in [3.05, 3.63) is 32.6 Å². The van der Waals surface area contributed by atoms with E-state index in [4.69, 9.17) is 0 Å². The second-order valence-corrected chi connectivity index (χ2v) is 10.6. The number of aromatic amines is 1. The van der Waals surface area contributed by atoms with Gasteiger partial charge in [-0.3, -0.25) is 27.8 Å². The number of nitrogens with zero attached hydrogens (tertiary/aromatic N) is 1. The second kappa shape index (κ2) is 9.62. The number of aliphatic hydroxyl groups excluding tert-OH is 1.